The van der Waals surface area contributed by atoms with Crippen LogP contribution in [-0.2, 0) is 11.3 Å². The summed E-state index contributed by atoms with van der Waals surface area (Å²) in [6, 6.07) is 0. The van der Waals surface area contributed by atoms with Crippen LogP contribution < -0.4 is 0 Å². The molecule has 112 valence electrons. The fourth-order valence-corrected chi connectivity index (χ4v) is 2.10. The minimum absolute atomic E-state index is 0.0471. The Balaban J connectivity index is 1.90. The van der Waals surface area contributed by atoms with Gasteiger partial charge in [-0.1, -0.05) is 0 Å². The second kappa shape index (κ2) is 5.78. The minimum Gasteiger partial charge on any atom is -0.424 e. The van der Waals surface area contributed by atoms with Crippen molar-refractivity contribution in [2.24, 2.45) is 0 Å². The Morgan fingerprint density at radius 3 is 2.60 bits per heavy atom. The Labute approximate surface area is 113 Å². The van der Waals surface area contributed by atoms with Crippen LogP contribution in [0.1, 0.15) is 18.2 Å². The van der Waals surface area contributed by atoms with Gasteiger partial charge in [0.2, 0.25) is 11.8 Å². The van der Waals surface area contributed by atoms with E-state index >= 15 is 0 Å². The first-order valence-corrected chi connectivity index (χ1v) is 6.23. The van der Waals surface area contributed by atoms with Gasteiger partial charge in [0.1, 0.15) is 0 Å². The number of rotatable bonds is 2. The lowest BCUT2D eigenvalue weighted by molar-refractivity contribution is -0.185. The van der Waals surface area contributed by atoms with E-state index in [0.29, 0.717) is 37.8 Å². The average molecular weight is 292 g/mol. The summed E-state index contributed by atoms with van der Waals surface area (Å²) < 4.78 is 42.4. The molecule has 9 heteroatoms. The smallest absolute Gasteiger partial charge is 0.424 e. The molecule has 0 spiro atoms. The van der Waals surface area contributed by atoms with Gasteiger partial charge in [0.15, 0.2) is 0 Å². The van der Waals surface area contributed by atoms with Crippen molar-refractivity contribution in [1.82, 2.24) is 20.0 Å². The second-order valence-corrected chi connectivity index (χ2v) is 4.63. The topological polar surface area (TPSA) is 62.5 Å². The fourth-order valence-electron chi connectivity index (χ4n) is 2.10. The van der Waals surface area contributed by atoms with E-state index in [1.807, 2.05) is 4.90 Å². The van der Waals surface area contributed by atoms with Gasteiger partial charge < -0.3 is 9.32 Å². The largest absolute Gasteiger partial charge is 0.471 e. The highest BCUT2D eigenvalue weighted by molar-refractivity contribution is 5.81. The van der Waals surface area contributed by atoms with Crippen molar-refractivity contribution in [2.45, 2.75) is 26.1 Å². The van der Waals surface area contributed by atoms with Crippen LogP contribution in [0.2, 0.25) is 0 Å². The van der Waals surface area contributed by atoms with Crippen LogP contribution in [-0.4, -0.2) is 58.3 Å². The summed E-state index contributed by atoms with van der Waals surface area (Å²) in [4.78, 5) is 13.9. The molecular weight excluding hydrogens is 277 g/mol. The summed E-state index contributed by atoms with van der Waals surface area (Å²) in [5.74, 6) is -0.894. The molecule has 0 aromatic carbocycles. The van der Waals surface area contributed by atoms with E-state index < -0.39 is 12.1 Å². The summed E-state index contributed by atoms with van der Waals surface area (Å²) in [7, 11) is 0. The monoisotopic (exact) mass is 292 g/mol. The lowest BCUT2D eigenvalue weighted by Gasteiger charge is -2.22. The van der Waals surface area contributed by atoms with Crippen LogP contribution in [0.15, 0.2) is 4.42 Å². The van der Waals surface area contributed by atoms with E-state index in [1.165, 1.54) is 0 Å². The third-order valence-electron chi connectivity index (χ3n) is 3.04. The number of carbonyl (C=O) groups is 1. The van der Waals surface area contributed by atoms with Gasteiger partial charge in [0.05, 0.1) is 6.54 Å². The highest BCUT2D eigenvalue weighted by Gasteiger charge is 2.42. The number of aryl methyl sites for hydroxylation is 1. The molecule has 1 amide bonds. The number of aromatic nitrogens is 2. The number of carbonyl (C=O) groups excluding carboxylic acids is 1. The quantitative estimate of drug-likeness (QED) is 0.813. The summed E-state index contributed by atoms with van der Waals surface area (Å²) in [5.41, 5.74) is 0. The third-order valence-corrected chi connectivity index (χ3v) is 3.04. The lowest BCUT2D eigenvalue weighted by atomic mass is 10.3. The van der Waals surface area contributed by atoms with E-state index in [1.54, 1.807) is 6.92 Å². The van der Waals surface area contributed by atoms with E-state index in [0.717, 1.165) is 4.90 Å². The van der Waals surface area contributed by atoms with Gasteiger partial charge in [-0.2, -0.15) is 13.2 Å². The average Bonchev–Trinajstić information content (AvgIpc) is 2.62. The number of halogens is 3. The van der Waals surface area contributed by atoms with Crippen LogP contribution >= 0.6 is 0 Å². The zero-order valence-electron chi connectivity index (χ0n) is 11.0. The molecule has 1 aliphatic heterocycles. The van der Waals surface area contributed by atoms with Crippen molar-refractivity contribution >= 4 is 5.91 Å². The Morgan fingerprint density at radius 2 is 2.00 bits per heavy atom. The van der Waals surface area contributed by atoms with E-state index in [9.17, 15) is 18.0 Å². The maximum absolute atomic E-state index is 12.4. The predicted octanol–water partition coefficient (Wildman–Crippen LogP) is 0.975. The molecule has 1 aromatic heterocycles. The third kappa shape index (κ3) is 3.69. The molecular formula is C11H15F3N4O2. The van der Waals surface area contributed by atoms with E-state index in [-0.39, 0.29) is 13.1 Å². The zero-order valence-corrected chi connectivity index (χ0v) is 11.0. The van der Waals surface area contributed by atoms with E-state index in [4.69, 9.17) is 4.42 Å². The van der Waals surface area contributed by atoms with Gasteiger partial charge in [-0.25, -0.2) is 0 Å². The molecule has 1 aliphatic rings. The maximum Gasteiger partial charge on any atom is 0.471 e. The van der Waals surface area contributed by atoms with Gasteiger partial charge in [-0.05, 0) is 6.42 Å². The Bertz CT molecular complexity index is 474. The maximum atomic E-state index is 12.4. The first-order valence-electron chi connectivity index (χ1n) is 6.23. The highest BCUT2D eigenvalue weighted by atomic mass is 19.4. The van der Waals surface area contributed by atoms with Crippen LogP contribution in [0.5, 0.6) is 0 Å². The van der Waals surface area contributed by atoms with Crippen molar-refractivity contribution in [3.63, 3.8) is 0 Å². The molecule has 2 rings (SSSR count). The number of alkyl halides is 3. The van der Waals surface area contributed by atoms with Gasteiger partial charge in [0.25, 0.3) is 0 Å². The van der Waals surface area contributed by atoms with E-state index in [2.05, 4.69) is 10.2 Å². The molecule has 6 nitrogen and oxygen atoms in total. The Kier molecular flexibility index (Phi) is 4.26. The van der Waals surface area contributed by atoms with Crippen molar-refractivity contribution in [2.75, 3.05) is 26.2 Å². The molecule has 0 radical (unpaired) electrons. The molecule has 0 N–H and O–H groups in total. The minimum atomic E-state index is -4.81. The number of hydrogen-bond donors (Lipinski definition) is 0. The Morgan fingerprint density at radius 1 is 1.25 bits per heavy atom. The van der Waals surface area contributed by atoms with Gasteiger partial charge in [0, 0.05) is 33.1 Å². The standard InChI is InChI=1S/C11H15F3N4O2/c1-8-15-16-9(20-8)7-17-3-2-4-18(6-5-17)10(19)11(12,13)14/h2-7H2,1H3. The SMILES string of the molecule is Cc1nnc(CN2CCCN(C(=O)C(F)(F)F)CC2)o1. The number of hydrogen-bond acceptors (Lipinski definition) is 5. The molecule has 0 atom stereocenters. The Hall–Kier alpha value is -1.64. The van der Waals surface area contributed by atoms with Crippen molar-refractivity contribution in [1.29, 1.82) is 0 Å². The van der Waals surface area contributed by atoms with Gasteiger partial charge in [-0.15, -0.1) is 10.2 Å². The van der Waals surface area contributed by atoms with Crippen LogP contribution in [0.25, 0.3) is 0 Å². The van der Waals surface area contributed by atoms with Crippen molar-refractivity contribution in [3.8, 4) is 0 Å². The predicted molar refractivity (Wildman–Crippen MR) is 61.6 cm³/mol. The first-order chi connectivity index (χ1) is 9.36. The first kappa shape index (κ1) is 14.8. The van der Waals surface area contributed by atoms with Crippen LogP contribution in [0, 0.1) is 6.92 Å². The van der Waals surface area contributed by atoms with Crippen LogP contribution in [0.4, 0.5) is 13.2 Å². The molecule has 1 saturated heterocycles. The summed E-state index contributed by atoms with van der Waals surface area (Å²) in [5, 5.41) is 7.54. The van der Waals surface area contributed by atoms with Crippen molar-refractivity contribution < 1.29 is 22.4 Å². The normalized spacial score (nSPS) is 18.1. The molecule has 0 saturated carbocycles. The molecule has 1 fully saturated rings. The molecule has 0 aliphatic carbocycles. The molecule has 2 heterocycles. The molecule has 1 aromatic rings. The number of amides is 1. The highest BCUT2D eigenvalue weighted by Crippen LogP contribution is 2.19. The van der Waals surface area contributed by atoms with Crippen molar-refractivity contribution in [3.05, 3.63) is 11.8 Å². The summed E-state index contributed by atoms with van der Waals surface area (Å²) in [6.07, 6.45) is -4.33. The second-order valence-electron chi connectivity index (χ2n) is 4.63. The molecule has 0 bridgehead atoms. The molecule has 0 unspecified atom stereocenters. The van der Waals surface area contributed by atoms with Gasteiger partial charge in [-0.3, -0.25) is 9.69 Å². The number of nitrogens with zero attached hydrogens (tertiary/aromatic N) is 4. The summed E-state index contributed by atoms with van der Waals surface area (Å²) in [6.45, 7) is 3.15. The summed E-state index contributed by atoms with van der Waals surface area (Å²) >= 11 is 0. The van der Waals surface area contributed by atoms with Crippen LogP contribution in [0.3, 0.4) is 0 Å². The fraction of sp³-hybridized carbons (Fsp3) is 0.727. The van der Waals surface area contributed by atoms with Gasteiger partial charge >= 0.3 is 12.1 Å². The zero-order chi connectivity index (χ0) is 14.8. The molecule has 20 heavy (non-hydrogen) atoms. The lowest BCUT2D eigenvalue weighted by Crippen LogP contribution is -2.43.